The molecule has 102 valence electrons. The molecular weight excluding hydrogens is 299 g/mol. The molecule has 0 saturated heterocycles. The summed E-state index contributed by atoms with van der Waals surface area (Å²) in [5, 5.41) is 4.24. The van der Waals surface area contributed by atoms with Gasteiger partial charge in [0.25, 0.3) is 6.01 Å². The molecule has 6 heteroatoms. The van der Waals surface area contributed by atoms with Gasteiger partial charge in [0.15, 0.2) is 5.58 Å². The van der Waals surface area contributed by atoms with E-state index < -0.39 is 0 Å². The van der Waals surface area contributed by atoms with E-state index in [2.05, 4.69) is 10.3 Å². The fourth-order valence-electron chi connectivity index (χ4n) is 1.85. The van der Waals surface area contributed by atoms with Gasteiger partial charge in [0.1, 0.15) is 11.3 Å². The smallest absolute Gasteiger partial charge is 0.300 e. The monoisotopic (exact) mass is 308 g/mol. The Morgan fingerprint density at radius 1 is 1.10 bits per heavy atom. The maximum absolute atomic E-state index is 5.98. The van der Waals surface area contributed by atoms with Gasteiger partial charge in [-0.2, -0.15) is 4.98 Å². The lowest BCUT2D eigenvalue weighted by Crippen LogP contribution is -1.94. The lowest BCUT2D eigenvalue weighted by Gasteiger charge is -2.08. The number of ether oxygens (including phenoxy) is 1. The molecule has 1 N–H and O–H groups in total. The second-order valence-corrected chi connectivity index (χ2v) is 4.97. The van der Waals surface area contributed by atoms with Gasteiger partial charge in [0.05, 0.1) is 12.8 Å². The number of rotatable bonds is 3. The van der Waals surface area contributed by atoms with Crippen LogP contribution in [0.1, 0.15) is 0 Å². The van der Waals surface area contributed by atoms with E-state index in [0.717, 1.165) is 0 Å². The summed E-state index contributed by atoms with van der Waals surface area (Å²) < 4.78 is 10.8. The molecule has 3 aromatic rings. The van der Waals surface area contributed by atoms with Crippen LogP contribution >= 0.6 is 23.2 Å². The van der Waals surface area contributed by atoms with Gasteiger partial charge in [-0.3, -0.25) is 0 Å². The highest BCUT2D eigenvalue weighted by molar-refractivity contribution is 6.31. The van der Waals surface area contributed by atoms with Crippen LogP contribution in [0.3, 0.4) is 0 Å². The van der Waals surface area contributed by atoms with Gasteiger partial charge >= 0.3 is 0 Å². The van der Waals surface area contributed by atoms with Crippen LogP contribution in [0, 0.1) is 0 Å². The Hall–Kier alpha value is -1.91. The highest BCUT2D eigenvalue weighted by Crippen LogP contribution is 2.31. The van der Waals surface area contributed by atoms with E-state index in [1.807, 2.05) is 0 Å². The minimum Gasteiger partial charge on any atom is -0.495 e. The summed E-state index contributed by atoms with van der Waals surface area (Å²) in [5.74, 6) is 0.648. The van der Waals surface area contributed by atoms with Crippen molar-refractivity contribution >= 4 is 46.0 Å². The number of hydrogen-bond donors (Lipinski definition) is 1. The fraction of sp³-hybridized carbons (Fsp3) is 0.0714. The molecule has 0 fully saturated rings. The molecule has 0 amide bonds. The summed E-state index contributed by atoms with van der Waals surface area (Å²) in [7, 11) is 1.58. The van der Waals surface area contributed by atoms with E-state index in [-0.39, 0.29) is 0 Å². The summed E-state index contributed by atoms with van der Waals surface area (Å²) >= 11 is 11.9. The summed E-state index contributed by atoms with van der Waals surface area (Å²) in [6.07, 6.45) is 0. The van der Waals surface area contributed by atoms with Crippen LogP contribution in [0.2, 0.25) is 10.0 Å². The number of nitrogens with zero attached hydrogens (tertiary/aromatic N) is 1. The summed E-state index contributed by atoms with van der Waals surface area (Å²) in [4.78, 5) is 4.31. The lowest BCUT2D eigenvalue weighted by molar-refractivity contribution is 0.416. The van der Waals surface area contributed by atoms with Crippen LogP contribution in [-0.2, 0) is 0 Å². The molecule has 0 bridgehead atoms. The Kier molecular flexibility index (Phi) is 3.42. The van der Waals surface area contributed by atoms with E-state index in [1.54, 1.807) is 43.5 Å². The largest absolute Gasteiger partial charge is 0.495 e. The van der Waals surface area contributed by atoms with Crippen LogP contribution in [0.5, 0.6) is 5.75 Å². The van der Waals surface area contributed by atoms with Crippen LogP contribution < -0.4 is 10.1 Å². The first kappa shape index (κ1) is 13.1. The number of nitrogens with one attached hydrogen (secondary N) is 1. The van der Waals surface area contributed by atoms with E-state index in [0.29, 0.717) is 38.6 Å². The van der Waals surface area contributed by atoms with Crippen LogP contribution in [0.15, 0.2) is 40.8 Å². The molecule has 2 aromatic carbocycles. The molecule has 0 aliphatic rings. The van der Waals surface area contributed by atoms with Crippen LogP contribution in [0.4, 0.5) is 11.7 Å². The molecule has 0 atom stereocenters. The maximum atomic E-state index is 5.98. The topological polar surface area (TPSA) is 47.3 Å². The SMILES string of the molecule is COc1ccc(Cl)cc1Nc1nc2cc(Cl)ccc2o1. The van der Waals surface area contributed by atoms with Crippen molar-refractivity contribution in [2.45, 2.75) is 0 Å². The Morgan fingerprint density at radius 3 is 2.65 bits per heavy atom. The third-order valence-electron chi connectivity index (χ3n) is 2.75. The first-order valence-electron chi connectivity index (χ1n) is 5.82. The summed E-state index contributed by atoms with van der Waals surface area (Å²) in [6, 6.07) is 10.9. The van der Waals surface area contributed by atoms with Crippen molar-refractivity contribution in [1.82, 2.24) is 4.98 Å². The Labute approximate surface area is 125 Å². The highest BCUT2D eigenvalue weighted by Gasteiger charge is 2.10. The molecule has 3 rings (SSSR count). The number of halogens is 2. The first-order chi connectivity index (χ1) is 9.65. The minimum atomic E-state index is 0.350. The van der Waals surface area contributed by atoms with E-state index in [1.165, 1.54) is 0 Å². The molecule has 20 heavy (non-hydrogen) atoms. The van der Waals surface area contributed by atoms with Gasteiger partial charge in [-0.15, -0.1) is 0 Å². The third kappa shape index (κ3) is 2.53. The number of fused-ring (bicyclic) bond motifs is 1. The molecule has 0 aliphatic heterocycles. The van der Waals surface area contributed by atoms with Crippen molar-refractivity contribution in [3.05, 3.63) is 46.4 Å². The standard InChI is InChI=1S/C14H10Cl2N2O2/c1-19-12-4-2-8(15)6-10(12)17-14-18-11-7-9(16)3-5-13(11)20-14/h2-7H,1H3,(H,17,18). The Balaban J connectivity index is 1.98. The zero-order valence-electron chi connectivity index (χ0n) is 10.5. The number of aromatic nitrogens is 1. The summed E-state index contributed by atoms with van der Waals surface area (Å²) in [5.41, 5.74) is 2.01. The Morgan fingerprint density at radius 2 is 1.85 bits per heavy atom. The second kappa shape index (κ2) is 5.23. The lowest BCUT2D eigenvalue weighted by atomic mass is 10.3. The van der Waals surface area contributed by atoms with Crippen molar-refractivity contribution in [2.24, 2.45) is 0 Å². The molecule has 1 heterocycles. The fourth-order valence-corrected chi connectivity index (χ4v) is 2.19. The zero-order valence-corrected chi connectivity index (χ0v) is 12.0. The third-order valence-corrected chi connectivity index (χ3v) is 3.22. The molecule has 0 aliphatic carbocycles. The average Bonchev–Trinajstić information content (AvgIpc) is 2.80. The molecule has 0 radical (unpaired) electrons. The van der Waals surface area contributed by atoms with E-state index >= 15 is 0 Å². The average molecular weight is 309 g/mol. The van der Waals surface area contributed by atoms with Gasteiger partial charge in [-0.1, -0.05) is 23.2 Å². The van der Waals surface area contributed by atoms with Gasteiger partial charge in [0, 0.05) is 10.0 Å². The van der Waals surface area contributed by atoms with Gasteiger partial charge in [0.2, 0.25) is 0 Å². The minimum absolute atomic E-state index is 0.350. The van der Waals surface area contributed by atoms with Crippen molar-refractivity contribution < 1.29 is 9.15 Å². The predicted octanol–water partition coefficient (Wildman–Crippen LogP) is 4.89. The zero-order chi connectivity index (χ0) is 14.1. The molecular formula is C14H10Cl2N2O2. The molecule has 0 spiro atoms. The predicted molar refractivity (Wildman–Crippen MR) is 80.3 cm³/mol. The maximum Gasteiger partial charge on any atom is 0.300 e. The van der Waals surface area contributed by atoms with Crippen molar-refractivity contribution in [2.75, 3.05) is 12.4 Å². The molecule has 0 unspecified atom stereocenters. The van der Waals surface area contributed by atoms with Crippen LogP contribution in [0.25, 0.3) is 11.1 Å². The highest BCUT2D eigenvalue weighted by atomic mass is 35.5. The van der Waals surface area contributed by atoms with Gasteiger partial charge in [-0.05, 0) is 36.4 Å². The molecule has 4 nitrogen and oxygen atoms in total. The molecule has 1 aromatic heterocycles. The van der Waals surface area contributed by atoms with Crippen molar-refractivity contribution in [3.8, 4) is 5.75 Å². The van der Waals surface area contributed by atoms with Crippen LogP contribution in [-0.4, -0.2) is 12.1 Å². The van der Waals surface area contributed by atoms with Gasteiger partial charge in [-0.25, -0.2) is 0 Å². The first-order valence-corrected chi connectivity index (χ1v) is 6.58. The number of oxazole rings is 1. The normalized spacial score (nSPS) is 10.8. The van der Waals surface area contributed by atoms with Gasteiger partial charge < -0.3 is 14.5 Å². The second-order valence-electron chi connectivity index (χ2n) is 4.10. The van der Waals surface area contributed by atoms with E-state index in [9.17, 15) is 0 Å². The van der Waals surface area contributed by atoms with Crippen molar-refractivity contribution in [3.63, 3.8) is 0 Å². The number of anilines is 2. The quantitative estimate of drug-likeness (QED) is 0.748. The van der Waals surface area contributed by atoms with E-state index in [4.69, 9.17) is 32.4 Å². The number of benzene rings is 2. The number of methoxy groups -OCH3 is 1. The number of hydrogen-bond acceptors (Lipinski definition) is 4. The molecule has 0 saturated carbocycles. The summed E-state index contributed by atoms with van der Waals surface area (Å²) in [6.45, 7) is 0. The Bertz CT molecular complexity index is 771. The van der Waals surface area contributed by atoms with Crippen molar-refractivity contribution in [1.29, 1.82) is 0 Å².